The molecule has 8 heteroatoms. The summed E-state index contributed by atoms with van der Waals surface area (Å²) in [6, 6.07) is 4.44. The summed E-state index contributed by atoms with van der Waals surface area (Å²) in [4.78, 5) is 11.3. The number of nitrogens with two attached hydrogens (primary N) is 1. The molecule has 0 aliphatic carbocycles. The van der Waals surface area contributed by atoms with Crippen LogP contribution in [0.25, 0.3) is 0 Å². The first-order valence-electron chi connectivity index (χ1n) is 6.65. The van der Waals surface area contributed by atoms with Gasteiger partial charge in [-0.3, -0.25) is 4.79 Å². The number of benzene rings is 1. The Morgan fingerprint density at radius 3 is 2.81 bits per heavy atom. The van der Waals surface area contributed by atoms with Crippen LogP contribution in [0.1, 0.15) is 19.8 Å². The van der Waals surface area contributed by atoms with Crippen LogP contribution in [0.5, 0.6) is 0 Å². The fourth-order valence-corrected chi connectivity index (χ4v) is 4.80. The highest BCUT2D eigenvalue weighted by molar-refractivity contribution is 9.10. The highest BCUT2D eigenvalue weighted by Gasteiger charge is 2.34. The van der Waals surface area contributed by atoms with Crippen molar-refractivity contribution in [3.8, 4) is 0 Å². The van der Waals surface area contributed by atoms with Crippen LogP contribution < -0.4 is 11.1 Å². The van der Waals surface area contributed by atoms with E-state index >= 15 is 0 Å². The Hall–Kier alpha value is -0.960. The Kier molecular flexibility index (Phi) is 5.03. The Morgan fingerprint density at radius 2 is 2.24 bits per heavy atom. The van der Waals surface area contributed by atoms with Gasteiger partial charge in [-0.1, -0.05) is 0 Å². The number of nitrogens with zero attached hydrogens (tertiary/aromatic N) is 1. The second-order valence-corrected chi connectivity index (χ2v) is 7.72. The molecule has 0 radical (unpaired) electrons. The molecule has 1 unspecified atom stereocenters. The van der Waals surface area contributed by atoms with Gasteiger partial charge in [0, 0.05) is 30.5 Å². The number of nitrogens with one attached hydrogen (secondary N) is 1. The first-order valence-corrected chi connectivity index (χ1v) is 8.88. The van der Waals surface area contributed by atoms with E-state index in [-0.39, 0.29) is 16.8 Å². The van der Waals surface area contributed by atoms with E-state index in [2.05, 4.69) is 21.2 Å². The summed E-state index contributed by atoms with van der Waals surface area (Å²) >= 11 is 3.29. The average Bonchev–Trinajstić information content (AvgIpc) is 2.89. The second-order valence-electron chi connectivity index (χ2n) is 4.97. The largest absolute Gasteiger partial charge is 0.329 e. The van der Waals surface area contributed by atoms with Gasteiger partial charge in [0.1, 0.15) is 0 Å². The molecule has 1 amide bonds. The molecule has 3 N–H and O–H groups in total. The number of halogens is 1. The normalized spacial score (nSPS) is 19.7. The summed E-state index contributed by atoms with van der Waals surface area (Å²) < 4.78 is 27.3. The predicted molar refractivity (Wildman–Crippen MR) is 84.4 cm³/mol. The number of anilines is 1. The Labute approximate surface area is 132 Å². The molecule has 6 nitrogen and oxygen atoms in total. The predicted octanol–water partition coefficient (Wildman–Crippen LogP) is 1.52. The summed E-state index contributed by atoms with van der Waals surface area (Å²) in [6.45, 7) is 2.22. The highest BCUT2D eigenvalue weighted by Crippen LogP contribution is 2.30. The zero-order chi connectivity index (χ0) is 15.6. The molecule has 0 saturated carbocycles. The Balaban J connectivity index is 2.33. The lowest BCUT2D eigenvalue weighted by Gasteiger charge is -2.23. The van der Waals surface area contributed by atoms with Crippen LogP contribution >= 0.6 is 15.9 Å². The molecule has 1 saturated heterocycles. The van der Waals surface area contributed by atoms with Crippen LogP contribution in [-0.4, -0.2) is 37.8 Å². The molecule has 1 aliphatic rings. The number of amides is 1. The summed E-state index contributed by atoms with van der Waals surface area (Å²) in [6.07, 6.45) is 1.62. The smallest absolute Gasteiger partial charge is 0.243 e. The van der Waals surface area contributed by atoms with Crippen LogP contribution in [0.15, 0.2) is 27.6 Å². The maximum absolute atomic E-state index is 12.7. The van der Waals surface area contributed by atoms with Crippen molar-refractivity contribution in [2.75, 3.05) is 18.4 Å². The van der Waals surface area contributed by atoms with Crippen molar-refractivity contribution < 1.29 is 13.2 Å². The van der Waals surface area contributed by atoms with Gasteiger partial charge in [0.05, 0.1) is 10.6 Å². The standard InChI is InChI=1S/C13H18BrN3O3S/c1-9(18)16-13-5-4-11(7-12(13)14)21(19,20)17-6-2-3-10(17)8-15/h4-5,7,10H,2-3,6,8,15H2,1H3,(H,16,18). The molecule has 1 aromatic carbocycles. The van der Waals surface area contributed by atoms with Crippen LogP contribution in [0, 0.1) is 0 Å². The van der Waals surface area contributed by atoms with Crippen molar-refractivity contribution >= 4 is 37.5 Å². The molecule has 0 spiro atoms. The van der Waals surface area contributed by atoms with Crippen LogP contribution in [-0.2, 0) is 14.8 Å². The first-order chi connectivity index (χ1) is 9.86. The fraction of sp³-hybridized carbons (Fsp3) is 0.462. The van der Waals surface area contributed by atoms with E-state index < -0.39 is 10.0 Å². The summed E-state index contributed by atoms with van der Waals surface area (Å²) in [7, 11) is -3.56. The summed E-state index contributed by atoms with van der Waals surface area (Å²) in [5.74, 6) is -0.214. The number of hydrogen-bond acceptors (Lipinski definition) is 4. The molecule has 0 bridgehead atoms. The molecule has 0 aromatic heterocycles. The van der Waals surface area contributed by atoms with E-state index in [1.54, 1.807) is 6.07 Å². The van der Waals surface area contributed by atoms with E-state index in [0.717, 1.165) is 12.8 Å². The van der Waals surface area contributed by atoms with Gasteiger partial charge in [0.2, 0.25) is 15.9 Å². The maximum atomic E-state index is 12.7. The van der Waals surface area contributed by atoms with Crippen LogP contribution in [0.3, 0.4) is 0 Å². The molecule has 21 heavy (non-hydrogen) atoms. The van der Waals surface area contributed by atoms with E-state index in [1.807, 2.05) is 0 Å². The summed E-state index contributed by atoms with van der Waals surface area (Å²) in [5.41, 5.74) is 6.18. The van der Waals surface area contributed by atoms with Gasteiger partial charge in [-0.15, -0.1) is 0 Å². The van der Waals surface area contributed by atoms with E-state index in [0.29, 0.717) is 23.2 Å². The topological polar surface area (TPSA) is 92.5 Å². The highest BCUT2D eigenvalue weighted by atomic mass is 79.9. The third kappa shape index (κ3) is 3.45. The molecule has 1 aliphatic heterocycles. The lowest BCUT2D eigenvalue weighted by atomic mass is 10.2. The van der Waals surface area contributed by atoms with Gasteiger partial charge >= 0.3 is 0 Å². The van der Waals surface area contributed by atoms with Gasteiger partial charge in [-0.2, -0.15) is 4.31 Å². The number of sulfonamides is 1. The third-order valence-corrected chi connectivity index (χ3v) is 6.06. The second kappa shape index (κ2) is 6.43. The molecule has 1 fully saturated rings. The number of hydrogen-bond donors (Lipinski definition) is 2. The number of carbonyl (C=O) groups excluding carboxylic acids is 1. The van der Waals surface area contributed by atoms with Crippen LogP contribution in [0.4, 0.5) is 5.69 Å². The zero-order valence-electron chi connectivity index (χ0n) is 11.7. The van der Waals surface area contributed by atoms with Crippen molar-refractivity contribution in [1.82, 2.24) is 4.31 Å². The lowest BCUT2D eigenvalue weighted by molar-refractivity contribution is -0.114. The van der Waals surface area contributed by atoms with Crippen molar-refractivity contribution in [3.05, 3.63) is 22.7 Å². The maximum Gasteiger partial charge on any atom is 0.243 e. The minimum absolute atomic E-state index is 0.135. The molecular formula is C13H18BrN3O3S. The van der Waals surface area contributed by atoms with E-state index in [4.69, 9.17) is 5.73 Å². The third-order valence-electron chi connectivity index (χ3n) is 3.45. The zero-order valence-corrected chi connectivity index (χ0v) is 14.1. The van der Waals surface area contributed by atoms with Gasteiger partial charge in [0.15, 0.2) is 0 Å². The number of rotatable bonds is 4. The Morgan fingerprint density at radius 1 is 1.52 bits per heavy atom. The molecular weight excluding hydrogens is 358 g/mol. The Bertz CT molecular complexity index is 648. The van der Waals surface area contributed by atoms with Gasteiger partial charge in [-0.05, 0) is 47.0 Å². The van der Waals surface area contributed by atoms with Crippen molar-refractivity contribution in [3.63, 3.8) is 0 Å². The van der Waals surface area contributed by atoms with Gasteiger partial charge in [-0.25, -0.2) is 8.42 Å². The molecule has 116 valence electrons. The van der Waals surface area contributed by atoms with E-state index in [1.165, 1.54) is 23.4 Å². The fourth-order valence-electron chi connectivity index (χ4n) is 2.44. The minimum Gasteiger partial charge on any atom is -0.329 e. The molecule has 1 atom stereocenters. The number of carbonyl (C=O) groups is 1. The van der Waals surface area contributed by atoms with Crippen molar-refractivity contribution in [1.29, 1.82) is 0 Å². The SMILES string of the molecule is CC(=O)Nc1ccc(S(=O)(=O)N2CCCC2CN)cc1Br. The molecule has 2 rings (SSSR count). The van der Waals surface area contributed by atoms with Crippen molar-refractivity contribution in [2.24, 2.45) is 5.73 Å². The molecule has 1 aromatic rings. The minimum atomic E-state index is -3.56. The first kappa shape index (κ1) is 16.4. The van der Waals surface area contributed by atoms with Crippen LogP contribution in [0.2, 0.25) is 0 Å². The van der Waals surface area contributed by atoms with Gasteiger partial charge in [0.25, 0.3) is 0 Å². The summed E-state index contributed by atoms with van der Waals surface area (Å²) in [5, 5.41) is 2.63. The van der Waals surface area contributed by atoms with Gasteiger partial charge < -0.3 is 11.1 Å². The lowest BCUT2D eigenvalue weighted by Crippen LogP contribution is -2.39. The average molecular weight is 376 g/mol. The van der Waals surface area contributed by atoms with Crippen molar-refractivity contribution in [2.45, 2.75) is 30.7 Å². The monoisotopic (exact) mass is 375 g/mol. The quantitative estimate of drug-likeness (QED) is 0.834. The molecule has 1 heterocycles. The van der Waals surface area contributed by atoms with E-state index in [9.17, 15) is 13.2 Å².